The molecule has 0 radical (unpaired) electrons. The van der Waals surface area contributed by atoms with Crippen molar-refractivity contribution in [2.24, 2.45) is 0 Å². The molecular formula is C12H12N2O2S. The Morgan fingerprint density at radius 3 is 2.88 bits per heavy atom. The van der Waals surface area contributed by atoms with Gasteiger partial charge in [-0.25, -0.2) is 9.78 Å². The van der Waals surface area contributed by atoms with E-state index < -0.39 is 5.97 Å². The standard InChI is InChI=1S/C12H12N2O2S/c1-7-14-10(12(15)16-2)11(17-7)8-4-3-5-9(13)6-8/h3-6H,13H2,1-2H3. The number of aryl methyl sites for hydroxylation is 1. The molecule has 0 amide bonds. The molecule has 2 aromatic rings. The zero-order chi connectivity index (χ0) is 12.4. The number of aromatic nitrogens is 1. The Morgan fingerprint density at radius 2 is 2.24 bits per heavy atom. The third-order valence-corrected chi connectivity index (χ3v) is 3.28. The first kappa shape index (κ1) is 11.6. The lowest BCUT2D eigenvalue weighted by molar-refractivity contribution is 0.0595. The number of methoxy groups -OCH3 is 1. The number of anilines is 1. The molecule has 0 aliphatic rings. The molecule has 0 saturated heterocycles. The molecule has 0 saturated carbocycles. The van der Waals surface area contributed by atoms with Crippen LogP contribution in [-0.4, -0.2) is 18.1 Å². The summed E-state index contributed by atoms with van der Waals surface area (Å²) in [6.07, 6.45) is 0. The monoisotopic (exact) mass is 248 g/mol. The average Bonchev–Trinajstić information content (AvgIpc) is 2.70. The Hall–Kier alpha value is -1.88. The lowest BCUT2D eigenvalue weighted by Gasteiger charge is -2.01. The predicted octanol–water partition coefficient (Wildman–Crippen LogP) is 2.49. The number of esters is 1. The lowest BCUT2D eigenvalue weighted by Crippen LogP contribution is -2.03. The fourth-order valence-electron chi connectivity index (χ4n) is 1.54. The largest absolute Gasteiger partial charge is 0.464 e. The Labute approximate surface area is 103 Å². The van der Waals surface area contributed by atoms with Crippen molar-refractivity contribution in [3.8, 4) is 10.4 Å². The van der Waals surface area contributed by atoms with Crippen molar-refractivity contribution in [1.29, 1.82) is 0 Å². The van der Waals surface area contributed by atoms with Gasteiger partial charge in [0.05, 0.1) is 17.0 Å². The van der Waals surface area contributed by atoms with Gasteiger partial charge in [-0.05, 0) is 24.6 Å². The number of nitrogens with two attached hydrogens (primary N) is 1. The number of hydrogen-bond donors (Lipinski definition) is 1. The highest BCUT2D eigenvalue weighted by Crippen LogP contribution is 2.31. The van der Waals surface area contributed by atoms with Gasteiger partial charge in [0.25, 0.3) is 0 Å². The van der Waals surface area contributed by atoms with Crippen LogP contribution in [-0.2, 0) is 4.74 Å². The van der Waals surface area contributed by atoms with E-state index in [1.165, 1.54) is 18.4 Å². The summed E-state index contributed by atoms with van der Waals surface area (Å²) >= 11 is 1.45. The van der Waals surface area contributed by atoms with Crippen molar-refractivity contribution >= 4 is 23.0 Å². The predicted molar refractivity (Wildman–Crippen MR) is 68.0 cm³/mol. The summed E-state index contributed by atoms with van der Waals surface area (Å²) in [6.45, 7) is 1.85. The summed E-state index contributed by atoms with van der Waals surface area (Å²) in [7, 11) is 1.35. The number of carbonyl (C=O) groups excluding carboxylic acids is 1. The van der Waals surface area contributed by atoms with Crippen LogP contribution in [0, 0.1) is 6.92 Å². The maximum absolute atomic E-state index is 11.6. The van der Waals surface area contributed by atoms with Gasteiger partial charge < -0.3 is 10.5 Å². The smallest absolute Gasteiger partial charge is 0.358 e. The summed E-state index contributed by atoms with van der Waals surface area (Å²) in [5, 5.41) is 0.822. The third kappa shape index (κ3) is 2.29. The molecule has 0 spiro atoms. The van der Waals surface area contributed by atoms with Gasteiger partial charge in [-0.3, -0.25) is 0 Å². The van der Waals surface area contributed by atoms with E-state index in [2.05, 4.69) is 4.98 Å². The summed E-state index contributed by atoms with van der Waals surface area (Å²) in [4.78, 5) is 16.6. The molecule has 0 aliphatic heterocycles. The Kier molecular flexibility index (Phi) is 3.10. The highest BCUT2D eigenvalue weighted by Gasteiger charge is 2.18. The number of thiazole rings is 1. The second-order valence-corrected chi connectivity index (χ2v) is 4.73. The van der Waals surface area contributed by atoms with Gasteiger partial charge >= 0.3 is 5.97 Å². The Morgan fingerprint density at radius 1 is 1.47 bits per heavy atom. The topological polar surface area (TPSA) is 65.2 Å². The van der Waals surface area contributed by atoms with E-state index in [1.807, 2.05) is 25.1 Å². The molecule has 0 fully saturated rings. The number of rotatable bonds is 2. The van der Waals surface area contributed by atoms with E-state index in [1.54, 1.807) is 6.07 Å². The molecule has 0 unspecified atom stereocenters. The van der Waals surface area contributed by atoms with E-state index in [4.69, 9.17) is 10.5 Å². The second-order valence-electron chi connectivity index (χ2n) is 3.53. The van der Waals surface area contributed by atoms with E-state index >= 15 is 0 Å². The summed E-state index contributed by atoms with van der Waals surface area (Å²) in [6, 6.07) is 7.37. The van der Waals surface area contributed by atoms with Crippen LogP contribution in [0.2, 0.25) is 0 Å². The van der Waals surface area contributed by atoms with Crippen molar-refractivity contribution < 1.29 is 9.53 Å². The molecule has 17 heavy (non-hydrogen) atoms. The van der Waals surface area contributed by atoms with Gasteiger partial charge in [0.15, 0.2) is 5.69 Å². The number of benzene rings is 1. The third-order valence-electron chi connectivity index (χ3n) is 2.26. The van der Waals surface area contributed by atoms with E-state index in [0.29, 0.717) is 11.4 Å². The van der Waals surface area contributed by atoms with Gasteiger partial charge in [0.2, 0.25) is 0 Å². The van der Waals surface area contributed by atoms with Crippen LogP contribution in [0.4, 0.5) is 5.69 Å². The van der Waals surface area contributed by atoms with Crippen molar-refractivity contribution in [3.63, 3.8) is 0 Å². The van der Waals surface area contributed by atoms with Crippen LogP contribution in [0.25, 0.3) is 10.4 Å². The molecule has 4 nitrogen and oxygen atoms in total. The van der Waals surface area contributed by atoms with Crippen LogP contribution < -0.4 is 5.73 Å². The molecule has 2 N–H and O–H groups in total. The molecule has 0 aliphatic carbocycles. The van der Waals surface area contributed by atoms with E-state index in [9.17, 15) is 4.79 Å². The van der Waals surface area contributed by atoms with Crippen molar-refractivity contribution in [3.05, 3.63) is 35.0 Å². The maximum Gasteiger partial charge on any atom is 0.358 e. The molecule has 1 aromatic heterocycles. The fraction of sp³-hybridized carbons (Fsp3) is 0.167. The quantitative estimate of drug-likeness (QED) is 0.655. The number of ether oxygens (including phenoxy) is 1. The van der Waals surface area contributed by atoms with E-state index in [0.717, 1.165) is 15.4 Å². The molecule has 2 rings (SSSR count). The fourth-order valence-corrected chi connectivity index (χ4v) is 2.44. The molecule has 88 valence electrons. The first-order chi connectivity index (χ1) is 8.11. The highest BCUT2D eigenvalue weighted by molar-refractivity contribution is 7.15. The van der Waals surface area contributed by atoms with Crippen LogP contribution in [0.3, 0.4) is 0 Å². The van der Waals surface area contributed by atoms with Crippen molar-refractivity contribution in [2.75, 3.05) is 12.8 Å². The average molecular weight is 248 g/mol. The van der Waals surface area contributed by atoms with Crippen LogP contribution in [0.5, 0.6) is 0 Å². The summed E-state index contributed by atoms with van der Waals surface area (Å²) in [5.74, 6) is -0.424. The van der Waals surface area contributed by atoms with Crippen LogP contribution in [0.1, 0.15) is 15.5 Å². The highest BCUT2D eigenvalue weighted by atomic mass is 32.1. The van der Waals surface area contributed by atoms with Gasteiger partial charge in [0.1, 0.15) is 0 Å². The zero-order valence-electron chi connectivity index (χ0n) is 9.56. The summed E-state index contributed by atoms with van der Waals surface area (Å²) in [5.41, 5.74) is 7.62. The SMILES string of the molecule is COC(=O)c1nc(C)sc1-c1cccc(N)c1. The lowest BCUT2D eigenvalue weighted by atomic mass is 10.1. The number of hydrogen-bond acceptors (Lipinski definition) is 5. The number of carbonyl (C=O) groups is 1. The maximum atomic E-state index is 11.6. The molecule has 5 heteroatoms. The molecular weight excluding hydrogens is 236 g/mol. The molecule has 1 heterocycles. The Balaban J connectivity index is 2.55. The zero-order valence-corrected chi connectivity index (χ0v) is 10.4. The first-order valence-corrected chi connectivity index (χ1v) is 5.85. The van der Waals surface area contributed by atoms with E-state index in [-0.39, 0.29) is 0 Å². The number of nitrogen functional groups attached to an aromatic ring is 1. The Bertz CT molecular complexity index is 563. The van der Waals surface area contributed by atoms with Crippen molar-refractivity contribution in [1.82, 2.24) is 4.98 Å². The van der Waals surface area contributed by atoms with Crippen LogP contribution in [0.15, 0.2) is 24.3 Å². The molecule has 0 atom stereocenters. The van der Waals surface area contributed by atoms with Gasteiger partial charge in [-0.1, -0.05) is 12.1 Å². The minimum absolute atomic E-state index is 0.348. The van der Waals surface area contributed by atoms with Crippen LogP contribution >= 0.6 is 11.3 Å². The minimum atomic E-state index is -0.424. The van der Waals surface area contributed by atoms with Crippen molar-refractivity contribution in [2.45, 2.75) is 6.92 Å². The summed E-state index contributed by atoms with van der Waals surface area (Å²) < 4.78 is 4.72. The normalized spacial score (nSPS) is 10.2. The number of nitrogens with zero attached hydrogens (tertiary/aromatic N) is 1. The van der Waals surface area contributed by atoms with Gasteiger partial charge in [-0.2, -0.15) is 0 Å². The van der Waals surface area contributed by atoms with Gasteiger partial charge in [-0.15, -0.1) is 11.3 Å². The first-order valence-electron chi connectivity index (χ1n) is 5.03. The minimum Gasteiger partial charge on any atom is -0.464 e. The second kappa shape index (κ2) is 4.55. The molecule has 0 bridgehead atoms. The van der Waals surface area contributed by atoms with Gasteiger partial charge in [0, 0.05) is 5.69 Å². The molecule has 1 aromatic carbocycles.